The Kier molecular flexibility index (Phi) is 5.56. The molecule has 138 valence electrons. The summed E-state index contributed by atoms with van der Waals surface area (Å²) in [5, 5.41) is 5.43. The average molecular weight is 369 g/mol. The van der Waals surface area contributed by atoms with Crippen molar-refractivity contribution in [3.63, 3.8) is 0 Å². The molecule has 0 spiro atoms. The standard InChI is InChI=1S/C21H28N4S/c22-21(24-19-7-6-17-3-1-4-18(17)13-19)23-14-16-8-10-25(11-9-16)15-20-5-2-12-26-20/h2,5-7,12-13,16H,1,3-4,8-11,14-15H2,(H3,22,23,24). The zero-order valence-corrected chi connectivity index (χ0v) is 16.1. The molecule has 0 atom stereocenters. The summed E-state index contributed by atoms with van der Waals surface area (Å²) in [5.74, 6) is 1.19. The van der Waals surface area contributed by atoms with Crippen molar-refractivity contribution < 1.29 is 0 Å². The van der Waals surface area contributed by atoms with Crippen LogP contribution in [-0.2, 0) is 19.4 Å². The summed E-state index contributed by atoms with van der Waals surface area (Å²) in [7, 11) is 0. The van der Waals surface area contributed by atoms with E-state index in [-0.39, 0.29) is 0 Å². The smallest absolute Gasteiger partial charge is 0.193 e. The maximum Gasteiger partial charge on any atom is 0.193 e. The number of aryl methyl sites for hydroxylation is 2. The first-order chi connectivity index (χ1) is 12.8. The van der Waals surface area contributed by atoms with Crippen LogP contribution in [0.1, 0.15) is 35.3 Å². The summed E-state index contributed by atoms with van der Waals surface area (Å²) >= 11 is 1.85. The molecular weight excluding hydrogens is 340 g/mol. The lowest BCUT2D eigenvalue weighted by atomic mass is 9.97. The fourth-order valence-corrected chi connectivity index (χ4v) is 4.76. The van der Waals surface area contributed by atoms with E-state index in [2.05, 4.69) is 50.9 Å². The quantitative estimate of drug-likeness (QED) is 0.622. The second-order valence-electron chi connectivity index (χ2n) is 7.49. The number of hydrogen-bond donors (Lipinski definition) is 2. The van der Waals surface area contributed by atoms with Gasteiger partial charge in [-0.25, -0.2) is 0 Å². The average Bonchev–Trinajstić information content (AvgIpc) is 3.32. The zero-order chi connectivity index (χ0) is 17.8. The van der Waals surface area contributed by atoms with Gasteiger partial charge >= 0.3 is 0 Å². The van der Waals surface area contributed by atoms with Crippen molar-refractivity contribution >= 4 is 23.0 Å². The molecule has 0 bridgehead atoms. The fraction of sp³-hybridized carbons (Fsp3) is 0.476. The molecule has 2 aliphatic rings. The predicted molar refractivity (Wildman–Crippen MR) is 111 cm³/mol. The molecule has 26 heavy (non-hydrogen) atoms. The van der Waals surface area contributed by atoms with Crippen molar-refractivity contribution in [2.45, 2.75) is 38.6 Å². The highest BCUT2D eigenvalue weighted by Gasteiger charge is 2.19. The summed E-state index contributed by atoms with van der Waals surface area (Å²) in [6.45, 7) is 4.25. The molecule has 1 fully saturated rings. The summed E-state index contributed by atoms with van der Waals surface area (Å²) in [5.41, 5.74) is 10.1. The summed E-state index contributed by atoms with van der Waals surface area (Å²) in [6, 6.07) is 10.9. The molecule has 0 radical (unpaired) electrons. The van der Waals surface area contributed by atoms with Gasteiger partial charge in [-0.05, 0) is 85.8 Å². The fourth-order valence-electron chi connectivity index (χ4n) is 4.01. The number of nitrogens with two attached hydrogens (primary N) is 1. The third-order valence-corrected chi connectivity index (χ3v) is 6.42. The molecular formula is C21H28N4S. The second-order valence-corrected chi connectivity index (χ2v) is 8.52. The van der Waals surface area contributed by atoms with E-state index >= 15 is 0 Å². The maximum atomic E-state index is 6.12. The molecule has 2 aromatic rings. The lowest BCUT2D eigenvalue weighted by Crippen LogP contribution is -2.34. The van der Waals surface area contributed by atoms with Crippen LogP contribution in [0.5, 0.6) is 0 Å². The second kappa shape index (κ2) is 8.23. The van der Waals surface area contributed by atoms with Gasteiger partial charge in [-0.1, -0.05) is 12.1 Å². The number of guanidine groups is 1. The van der Waals surface area contributed by atoms with Crippen LogP contribution < -0.4 is 11.1 Å². The number of fused-ring (bicyclic) bond motifs is 1. The number of likely N-dealkylation sites (tertiary alicyclic amines) is 1. The molecule has 4 nitrogen and oxygen atoms in total. The van der Waals surface area contributed by atoms with E-state index in [4.69, 9.17) is 5.73 Å². The Morgan fingerprint density at radius 2 is 2.04 bits per heavy atom. The van der Waals surface area contributed by atoms with Gasteiger partial charge in [0.1, 0.15) is 0 Å². The van der Waals surface area contributed by atoms with Crippen LogP contribution in [0.2, 0.25) is 0 Å². The summed E-state index contributed by atoms with van der Waals surface area (Å²) in [6.07, 6.45) is 6.09. The van der Waals surface area contributed by atoms with Gasteiger partial charge in [-0.15, -0.1) is 11.3 Å². The highest BCUT2D eigenvalue weighted by Crippen LogP contribution is 2.25. The lowest BCUT2D eigenvalue weighted by Gasteiger charge is -2.30. The van der Waals surface area contributed by atoms with Gasteiger partial charge in [0.05, 0.1) is 0 Å². The molecule has 1 saturated heterocycles. The van der Waals surface area contributed by atoms with Crippen molar-refractivity contribution in [3.8, 4) is 0 Å². The predicted octanol–water partition coefficient (Wildman–Crippen LogP) is 3.88. The number of thiophene rings is 1. The first-order valence-electron chi connectivity index (χ1n) is 9.70. The number of rotatable bonds is 5. The Morgan fingerprint density at radius 1 is 1.19 bits per heavy atom. The number of piperidine rings is 1. The van der Waals surface area contributed by atoms with Crippen molar-refractivity contribution in [3.05, 3.63) is 51.7 Å². The van der Waals surface area contributed by atoms with E-state index in [9.17, 15) is 0 Å². The normalized spacial score (nSPS) is 18.8. The van der Waals surface area contributed by atoms with Gasteiger partial charge in [0.25, 0.3) is 0 Å². The van der Waals surface area contributed by atoms with Gasteiger partial charge in [-0.3, -0.25) is 9.89 Å². The number of aliphatic imine (C=N–C) groups is 1. The van der Waals surface area contributed by atoms with E-state index in [0.717, 1.165) is 31.9 Å². The summed E-state index contributed by atoms with van der Waals surface area (Å²) < 4.78 is 0. The van der Waals surface area contributed by atoms with Crippen LogP contribution in [-0.4, -0.2) is 30.5 Å². The molecule has 1 aromatic carbocycles. The molecule has 0 amide bonds. The highest BCUT2D eigenvalue weighted by atomic mass is 32.1. The van der Waals surface area contributed by atoms with E-state index in [1.54, 1.807) is 0 Å². The minimum atomic E-state index is 0.545. The van der Waals surface area contributed by atoms with E-state index in [0.29, 0.717) is 11.9 Å². The molecule has 1 aliphatic carbocycles. The van der Waals surface area contributed by atoms with Crippen LogP contribution in [0.15, 0.2) is 40.7 Å². The van der Waals surface area contributed by atoms with Crippen molar-refractivity contribution in [2.24, 2.45) is 16.6 Å². The molecule has 3 N–H and O–H groups in total. The Labute approximate surface area is 160 Å². The van der Waals surface area contributed by atoms with Crippen molar-refractivity contribution in [1.29, 1.82) is 0 Å². The Balaban J connectivity index is 1.23. The zero-order valence-electron chi connectivity index (χ0n) is 15.3. The SMILES string of the molecule is NC(=NCC1CCN(Cc2cccs2)CC1)Nc1ccc2c(c1)CCC2. The number of hydrogen-bond acceptors (Lipinski definition) is 3. The van der Waals surface area contributed by atoms with Crippen LogP contribution in [0, 0.1) is 5.92 Å². The van der Waals surface area contributed by atoms with Gasteiger partial charge in [0, 0.05) is 23.7 Å². The van der Waals surface area contributed by atoms with Crippen LogP contribution in [0.3, 0.4) is 0 Å². The minimum Gasteiger partial charge on any atom is -0.370 e. The monoisotopic (exact) mass is 368 g/mol. The van der Waals surface area contributed by atoms with Crippen molar-refractivity contribution in [1.82, 2.24) is 4.90 Å². The Morgan fingerprint density at radius 3 is 2.85 bits per heavy atom. The summed E-state index contributed by atoms with van der Waals surface area (Å²) in [4.78, 5) is 8.62. The molecule has 1 aromatic heterocycles. The molecule has 0 unspecified atom stereocenters. The van der Waals surface area contributed by atoms with Gasteiger partial charge in [-0.2, -0.15) is 0 Å². The molecule has 1 aliphatic heterocycles. The molecule has 5 heteroatoms. The Hall–Kier alpha value is -1.85. The number of benzene rings is 1. The van der Waals surface area contributed by atoms with Gasteiger partial charge in [0.2, 0.25) is 0 Å². The molecule has 4 rings (SSSR count). The van der Waals surface area contributed by atoms with E-state index < -0.39 is 0 Å². The Bertz CT molecular complexity index is 745. The first-order valence-corrected chi connectivity index (χ1v) is 10.6. The highest BCUT2D eigenvalue weighted by molar-refractivity contribution is 7.09. The first kappa shape index (κ1) is 17.6. The van der Waals surface area contributed by atoms with Crippen LogP contribution in [0.4, 0.5) is 5.69 Å². The third kappa shape index (κ3) is 4.46. The van der Waals surface area contributed by atoms with Crippen LogP contribution >= 0.6 is 11.3 Å². The van der Waals surface area contributed by atoms with Crippen LogP contribution in [0.25, 0.3) is 0 Å². The van der Waals surface area contributed by atoms with E-state index in [1.165, 1.54) is 48.1 Å². The number of nitrogens with one attached hydrogen (secondary N) is 1. The largest absolute Gasteiger partial charge is 0.370 e. The van der Waals surface area contributed by atoms with E-state index in [1.807, 2.05) is 11.3 Å². The molecule has 0 saturated carbocycles. The topological polar surface area (TPSA) is 53.6 Å². The third-order valence-electron chi connectivity index (χ3n) is 5.56. The maximum absolute atomic E-state index is 6.12. The minimum absolute atomic E-state index is 0.545. The lowest BCUT2D eigenvalue weighted by molar-refractivity contribution is 0.182. The van der Waals surface area contributed by atoms with Gasteiger partial charge < -0.3 is 11.1 Å². The number of anilines is 1. The van der Waals surface area contributed by atoms with Crippen molar-refractivity contribution in [2.75, 3.05) is 25.0 Å². The molecule has 2 heterocycles. The van der Waals surface area contributed by atoms with Gasteiger partial charge in [0.15, 0.2) is 5.96 Å². The number of nitrogens with zero attached hydrogens (tertiary/aromatic N) is 2.